The lowest BCUT2D eigenvalue weighted by Gasteiger charge is -2.42. The minimum absolute atomic E-state index is 0.0455. The summed E-state index contributed by atoms with van der Waals surface area (Å²) in [6.45, 7) is 1.84. The van der Waals surface area contributed by atoms with Crippen LogP contribution in [0.2, 0.25) is 0 Å². The number of amides is 1. The van der Waals surface area contributed by atoms with Crippen LogP contribution in [-0.2, 0) is 19.6 Å². The number of hydroxylamine groups is 1. The van der Waals surface area contributed by atoms with E-state index in [4.69, 9.17) is 14.7 Å². The Hall–Kier alpha value is -2.16. The van der Waals surface area contributed by atoms with Crippen LogP contribution >= 0.6 is 0 Å². The number of sulfonamides is 1. The maximum absolute atomic E-state index is 13.0. The van der Waals surface area contributed by atoms with Crippen LogP contribution in [0.1, 0.15) is 19.8 Å². The quantitative estimate of drug-likeness (QED) is 0.344. The molecule has 2 atom stereocenters. The van der Waals surface area contributed by atoms with Crippen molar-refractivity contribution in [2.24, 2.45) is 0 Å². The summed E-state index contributed by atoms with van der Waals surface area (Å²) < 4.78 is 37.2. The summed E-state index contributed by atoms with van der Waals surface area (Å²) in [5, 5.41) is 19.5. The molecule has 1 aromatic carbocycles. The average molecular weight is 412 g/mol. The first kappa shape index (κ1) is 22.1. The lowest BCUT2D eigenvalue weighted by Crippen LogP contribution is -2.62. The number of aliphatic hydroxyl groups is 1. The fourth-order valence-corrected chi connectivity index (χ4v) is 4.76. The van der Waals surface area contributed by atoms with E-state index in [1.54, 1.807) is 0 Å². The Kier molecular flexibility index (Phi) is 7.40. The van der Waals surface area contributed by atoms with Gasteiger partial charge in [-0.1, -0.05) is 11.8 Å². The van der Waals surface area contributed by atoms with Gasteiger partial charge in [0.25, 0.3) is 5.91 Å². The third-order valence-corrected chi connectivity index (χ3v) is 6.26. The number of benzene rings is 1. The number of nitrogens with zero attached hydrogens (tertiary/aromatic N) is 1. The number of hydrogen-bond acceptors (Lipinski definition) is 7. The molecule has 10 heteroatoms. The fourth-order valence-electron chi connectivity index (χ4n) is 3.04. The van der Waals surface area contributed by atoms with Crippen molar-refractivity contribution in [1.82, 2.24) is 9.79 Å². The van der Waals surface area contributed by atoms with Crippen LogP contribution < -0.4 is 10.2 Å². The molecule has 1 aromatic rings. The number of piperidine rings is 1. The number of hydrogen-bond donors (Lipinski definition) is 3. The van der Waals surface area contributed by atoms with Gasteiger partial charge in [0.2, 0.25) is 10.0 Å². The molecular weight excluding hydrogens is 388 g/mol. The summed E-state index contributed by atoms with van der Waals surface area (Å²) in [5.74, 6) is 4.92. The summed E-state index contributed by atoms with van der Waals surface area (Å²) in [6.07, 6.45) is 0.608. The summed E-state index contributed by atoms with van der Waals surface area (Å²) in [6, 6.07) is 4.22. The van der Waals surface area contributed by atoms with Crippen molar-refractivity contribution in [3.63, 3.8) is 0 Å². The van der Waals surface area contributed by atoms with Gasteiger partial charge in [-0.05, 0) is 44.0 Å². The maximum atomic E-state index is 13.0. The molecule has 154 valence electrons. The predicted molar refractivity (Wildman–Crippen MR) is 99.1 cm³/mol. The molecule has 1 amide bonds. The second kappa shape index (κ2) is 9.36. The van der Waals surface area contributed by atoms with Gasteiger partial charge >= 0.3 is 0 Å². The second-order valence-corrected chi connectivity index (χ2v) is 8.39. The molecule has 1 aliphatic rings. The van der Waals surface area contributed by atoms with Gasteiger partial charge in [0.1, 0.15) is 25.0 Å². The molecule has 0 saturated carbocycles. The summed E-state index contributed by atoms with van der Waals surface area (Å²) in [7, 11) is -2.55. The topological polar surface area (TPSA) is 125 Å². The highest BCUT2D eigenvalue weighted by molar-refractivity contribution is 7.89. The van der Waals surface area contributed by atoms with Gasteiger partial charge in [-0.25, -0.2) is 13.9 Å². The summed E-state index contributed by atoms with van der Waals surface area (Å²) in [5.41, 5.74) is -0.165. The molecule has 9 nitrogen and oxygen atoms in total. The van der Waals surface area contributed by atoms with Gasteiger partial charge in [0, 0.05) is 13.7 Å². The number of rotatable bonds is 6. The van der Waals surface area contributed by atoms with Crippen LogP contribution in [0.3, 0.4) is 0 Å². The molecule has 0 radical (unpaired) electrons. The molecule has 1 aliphatic heterocycles. The Balaban J connectivity index is 2.21. The van der Waals surface area contributed by atoms with Gasteiger partial charge in [-0.2, -0.15) is 4.31 Å². The Labute approximate surface area is 164 Å². The van der Waals surface area contributed by atoms with Crippen molar-refractivity contribution < 1.29 is 33.0 Å². The molecular formula is C18H24N2O7S. The Bertz CT molecular complexity index is 841. The highest BCUT2D eigenvalue weighted by atomic mass is 32.2. The van der Waals surface area contributed by atoms with E-state index in [9.17, 15) is 18.3 Å². The number of ether oxygens (including phenoxy) is 2. The van der Waals surface area contributed by atoms with Crippen LogP contribution in [0, 0.1) is 11.8 Å². The third kappa shape index (κ3) is 5.01. The van der Waals surface area contributed by atoms with Crippen molar-refractivity contribution >= 4 is 15.9 Å². The Morgan fingerprint density at radius 3 is 2.57 bits per heavy atom. The van der Waals surface area contributed by atoms with Crippen molar-refractivity contribution in [2.45, 2.75) is 36.3 Å². The molecule has 0 aromatic heterocycles. The van der Waals surface area contributed by atoms with E-state index < -0.39 is 27.6 Å². The Morgan fingerprint density at radius 1 is 1.32 bits per heavy atom. The summed E-state index contributed by atoms with van der Waals surface area (Å²) in [4.78, 5) is 12.0. The molecule has 0 bridgehead atoms. The second-order valence-electron chi connectivity index (χ2n) is 6.50. The zero-order valence-corrected chi connectivity index (χ0v) is 16.5. The first-order valence-electron chi connectivity index (χ1n) is 8.59. The van der Waals surface area contributed by atoms with E-state index in [0.29, 0.717) is 18.8 Å². The molecule has 1 saturated heterocycles. The first-order valence-corrected chi connectivity index (χ1v) is 10.0. The maximum Gasteiger partial charge on any atom is 0.264 e. The molecule has 28 heavy (non-hydrogen) atoms. The van der Waals surface area contributed by atoms with Crippen LogP contribution in [0.15, 0.2) is 29.2 Å². The molecule has 2 unspecified atom stereocenters. The van der Waals surface area contributed by atoms with Crippen molar-refractivity contribution in [3.8, 4) is 17.6 Å². The van der Waals surface area contributed by atoms with Gasteiger partial charge in [0.05, 0.1) is 10.5 Å². The molecule has 1 heterocycles. The number of carbonyl (C=O) groups is 1. The monoisotopic (exact) mass is 412 g/mol. The number of carbonyl (C=O) groups excluding carboxylic acids is 1. The largest absolute Gasteiger partial charge is 0.481 e. The van der Waals surface area contributed by atoms with Crippen LogP contribution in [0.4, 0.5) is 0 Å². The van der Waals surface area contributed by atoms with E-state index in [1.807, 2.05) is 0 Å². The van der Waals surface area contributed by atoms with Gasteiger partial charge in [-0.15, -0.1) is 0 Å². The molecule has 1 fully saturated rings. The van der Waals surface area contributed by atoms with Gasteiger partial charge < -0.3 is 14.6 Å². The smallest absolute Gasteiger partial charge is 0.264 e. The first-order chi connectivity index (χ1) is 13.2. The lowest BCUT2D eigenvalue weighted by molar-refractivity contribution is -0.144. The number of methoxy groups -OCH3 is 1. The van der Waals surface area contributed by atoms with E-state index in [1.165, 1.54) is 43.8 Å². The SMILES string of the molecule is COCC#CCOc1ccc(S(=O)(=O)N2CCCC(C)(O)C2C(=O)NO)cc1. The minimum Gasteiger partial charge on any atom is -0.481 e. The van der Waals surface area contributed by atoms with E-state index in [2.05, 4.69) is 11.8 Å². The Morgan fingerprint density at radius 2 is 1.96 bits per heavy atom. The highest BCUT2D eigenvalue weighted by Crippen LogP contribution is 2.32. The molecule has 2 rings (SSSR count). The average Bonchev–Trinajstić information content (AvgIpc) is 2.66. The van der Waals surface area contributed by atoms with E-state index in [0.717, 1.165) is 4.31 Å². The standard InChI is InChI=1S/C18H24N2O7S/c1-18(22)10-5-11-20(16(18)17(21)19-23)28(24,25)15-8-6-14(7-9-15)27-13-4-3-12-26-2/h6-9,16,22-23H,5,10-13H2,1-2H3,(H,19,21). The minimum atomic E-state index is -4.09. The van der Waals surface area contributed by atoms with Crippen LogP contribution in [0.5, 0.6) is 5.75 Å². The van der Waals surface area contributed by atoms with E-state index >= 15 is 0 Å². The molecule has 0 spiro atoms. The zero-order chi connectivity index (χ0) is 20.8. The van der Waals surface area contributed by atoms with Gasteiger partial charge in [0.15, 0.2) is 0 Å². The molecule has 0 aliphatic carbocycles. The lowest BCUT2D eigenvalue weighted by atomic mass is 9.87. The molecule has 3 N–H and O–H groups in total. The van der Waals surface area contributed by atoms with Crippen LogP contribution in [0.25, 0.3) is 0 Å². The van der Waals surface area contributed by atoms with Gasteiger partial charge in [-0.3, -0.25) is 10.0 Å². The van der Waals surface area contributed by atoms with Crippen LogP contribution in [-0.4, -0.2) is 67.5 Å². The van der Waals surface area contributed by atoms with E-state index in [-0.39, 0.29) is 24.5 Å². The fraction of sp³-hybridized carbons (Fsp3) is 0.500. The van der Waals surface area contributed by atoms with Crippen molar-refractivity contribution in [3.05, 3.63) is 24.3 Å². The van der Waals surface area contributed by atoms with Crippen molar-refractivity contribution in [2.75, 3.05) is 26.9 Å². The normalized spacial score (nSPS) is 22.8. The van der Waals surface area contributed by atoms with Crippen molar-refractivity contribution in [1.29, 1.82) is 0 Å². The zero-order valence-electron chi connectivity index (χ0n) is 15.7. The highest BCUT2D eigenvalue weighted by Gasteiger charge is 2.49. The number of nitrogens with one attached hydrogen (secondary N) is 1. The predicted octanol–water partition coefficient (Wildman–Crippen LogP) is 0.125. The summed E-state index contributed by atoms with van der Waals surface area (Å²) >= 11 is 0. The third-order valence-electron chi connectivity index (χ3n) is 4.38.